The highest BCUT2D eigenvalue weighted by atomic mass is 35.5. The van der Waals surface area contributed by atoms with Gasteiger partial charge in [-0.15, -0.1) is 12.4 Å². The number of carbonyl (C=O) groups excluding carboxylic acids is 1. The van der Waals surface area contributed by atoms with Crippen LogP contribution < -0.4 is 4.74 Å². The Kier molecular flexibility index (Phi) is 8.02. The van der Waals surface area contributed by atoms with Crippen LogP contribution in [0.2, 0.25) is 0 Å². The van der Waals surface area contributed by atoms with Crippen LogP contribution >= 0.6 is 12.4 Å². The number of fused-ring (bicyclic) bond motifs is 2. The van der Waals surface area contributed by atoms with Gasteiger partial charge in [-0.05, 0) is 58.4 Å². The quantitative estimate of drug-likeness (QED) is 0.228. The topological polar surface area (TPSA) is 29.5 Å². The van der Waals surface area contributed by atoms with Gasteiger partial charge >= 0.3 is 5.97 Å². The highest BCUT2D eigenvalue weighted by Crippen LogP contribution is 2.38. The van der Waals surface area contributed by atoms with Gasteiger partial charge in [-0.1, -0.05) is 90.5 Å². The van der Waals surface area contributed by atoms with Crippen LogP contribution in [-0.2, 0) is 4.79 Å². The van der Waals surface area contributed by atoms with Gasteiger partial charge in [-0.3, -0.25) is 9.69 Å². The Bertz CT molecular complexity index is 1240. The lowest BCUT2D eigenvalue weighted by Gasteiger charge is -2.29. The third-order valence-electron chi connectivity index (χ3n) is 6.51. The monoisotopic (exact) mass is 483 g/mol. The number of esters is 1. The Labute approximate surface area is 213 Å². The van der Waals surface area contributed by atoms with Crippen molar-refractivity contribution in [3.05, 3.63) is 112 Å². The molecule has 0 radical (unpaired) electrons. The van der Waals surface area contributed by atoms with Crippen molar-refractivity contribution in [2.45, 2.75) is 19.8 Å². The Morgan fingerprint density at radius 1 is 0.886 bits per heavy atom. The summed E-state index contributed by atoms with van der Waals surface area (Å²) >= 11 is 0. The molecule has 5 rings (SSSR count). The molecule has 0 saturated carbocycles. The van der Waals surface area contributed by atoms with Gasteiger partial charge < -0.3 is 4.74 Å². The Morgan fingerprint density at radius 2 is 1.51 bits per heavy atom. The first-order valence-corrected chi connectivity index (χ1v) is 11.9. The molecule has 178 valence electrons. The van der Waals surface area contributed by atoms with E-state index in [1.807, 2.05) is 18.2 Å². The van der Waals surface area contributed by atoms with E-state index in [1.165, 1.54) is 34.8 Å². The average Bonchev–Trinajstić information content (AvgIpc) is 3.01. The fourth-order valence-corrected chi connectivity index (χ4v) is 4.89. The van der Waals surface area contributed by atoms with Crippen LogP contribution in [0.3, 0.4) is 0 Å². The number of likely N-dealkylation sites (tertiary alicyclic amines) is 1. The van der Waals surface area contributed by atoms with E-state index < -0.39 is 0 Å². The van der Waals surface area contributed by atoms with Crippen molar-refractivity contribution >= 4 is 42.2 Å². The average molecular weight is 484 g/mol. The highest BCUT2D eigenvalue weighted by Gasteiger charge is 2.22. The van der Waals surface area contributed by atoms with Crippen LogP contribution in [0.4, 0.5) is 0 Å². The second-order valence-corrected chi connectivity index (χ2v) is 8.86. The number of benzene rings is 3. The fraction of sp³-hybridized carbons (Fsp3) is 0.194. The predicted molar refractivity (Wildman–Crippen MR) is 148 cm³/mol. The summed E-state index contributed by atoms with van der Waals surface area (Å²) in [5.74, 6) is 0.288. The number of carbonyl (C=O) groups is 1. The van der Waals surface area contributed by atoms with Gasteiger partial charge in [-0.2, -0.15) is 0 Å². The largest absolute Gasteiger partial charge is 0.427 e. The minimum absolute atomic E-state index is 0. The molecule has 0 aromatic heterocycles. The number of ether oxygens (including phenoxy) is 1. The number of hydrogen-bond donors (Lipinski definition) is 0. The molecule has 4 heteroatoms. The Morgan fingerprint density at radius 3 is 2.14 bits per heavy atom. The summed E-state index contributed by atoms with van der Waals surface area (Å²) in [6.45, 7) is 4.43. The van der Waals surface area contributed by atoms with Gasteiger partial charge in [0.2, 0.25) is 0 Å². The van der Waals surface area contributed by atoms with E-state index in [4.69, 9.17) is 4.74 Å². The number of hydrogen-bond acceptors (Lipinski definition) is 3. The summed E-state index contributed by atoms with van der Waals surface area (Å²) in [5.41, 5.74) is 9.30. The summed E-state index contributed by atoms with van der Waals surface area (Å²) in [4.78, 5) is 13.7. The molecule has 1 fully saturated rings. The molecule has 3 aromatic carbocycles. The molecule has 3 aromatic rings. The normalized spacial score (nSPS) is 15.2. The van der Waals surface area contributed by atoms with Gasteiger partial charge in [0, 0.05) is 26.6 Å². The third kappa shape index (κ3) is 5.82. The standard InChI is InChI=1S/C31H29NO2.ClH/c1-23(33)34-28-12-6-8-24(22-28)9-7-19-32-20-17-27(18-21-32)31-29-13-4-2-10-25(29)15-16-26-11-3-5-14-30(26)31;/h2-16,22H,17-21H2,1H3;1H. The number of nitrogens with zero attached hydrogens (tertiary/aromatic N) is 1. The first-order chi connectivity index (χ1) is 16.7. The molecular formula is C31H30ClNO2. The van der Waals surface area contributed by atoms with E-state index in [0.717, 1.165) is 38.0 Å². The molecule has 0 atom stereocenters. The molecule has 0 bridgehead atoms. The SMILES string of the molecule is CC(=O)Oc1cccc(C=CCN2CCC(=C3c4ccccc4C=Cc4ccccc43)CC2)c1.Cl. The summed E-state index contributed by atoms with van der Waals surface area (Å²) in [6.07, 6.45) is 11.0. The lowest BCUT2D eigenvalue weighted by atomic mass is 9.86. The van der Waals surface area contributed by atoms with Crippen LogP contribution in [0.1, 0.15) is 47.6 Å². The molecule has 0 N–H and O–H groups in total. The van der Waals surface area contributed by atoms with Crippen molar-refractivity contribution in [1.82, 2.24) is 4.90 Å². The first-order valence-electron chi connectivity index (χ1n) is 11.9. The van der Waals surface area contributed by atoms with Crippen LogP contribution in [0, 0.1) is 0 Å². The molecular weight excluding hydrogens is 454 g/mol. The lowest BCUT2D eigenvalue weighted by molar-refractivity contribution is -0.131. The van der Waals surface area contributed by atoms with E-state index in [1.54, 1.807) is 11.6 Å². The van der Waals surface area contributed by atoms with Crippen LogP contribution in [-0.4, -0.2) is 30.5 Å². The van der Waals surface area contributed by atoms with Crippen LogP contribution in [0.15, 0.2) is 84.4 Å². The van der Waals surface area contributed by atoms with Crippen molar-refractivity contribution in [2.75, 3.05) is 19.6 Å². The molecule has 0 spiro atoms. The second kappa shape index (κ2) is 11.4. The fourth-order valence-electron chi connectivity index (χ4n) is 4.89. The molecule has 0 unspecified atom stereocenters. The maximum Gasteiger partial charge on any atom is 0.308 e. The minimum Gasteiger partial charge on any atom is -0.427 e. The maximum absolute atomic E-state index is 11.2. The number of halogens is 1. The van der Waals surface area contributed by atoms with Crippen molar-refractivity contribution in [1.29, 1.82) is 0 Å². The maximum atomic E-state index is 11.2. The lowest BCUT2D eigenvalue weighted by Crippen LogP contribution is -2.31. The van der Waals surface area contributed by atoms with E-state index in [9.17, 15) is 4.79 Å². The van der Waals surface area contributed by atoms with Crippen molar-refractivity contribution in [2.24, 2.45) is 0 Å². The molecule has 35 heavy (non-hydrogen) atoms. The third-order valence-corrected chi connectivity index (χ3v) is 6.51. The molecule has 1 aliphatic carbocycles. The zero-order valence-corrected chi connectivity index (χ0v) is 20.8. The predicted octanol–water partition coefficient (Wildman–Crippen LogP) is 7.13. The summed E-state index contributed by atoms with van der Waals surface area (Å²) in [7, 11) is 0. The van der Waals surface area contributed by atoms with Gasteiger partial charge in [0.1, 0.15) is 5.75 Å². The zero-order valence-electron chi connectivity index (χ0n) is 19.9. The number of piperidine rings is 1. The molecule has 1 saturated heterocycles. The van der Waals surface area contributed by atoms with Crippen molar-refractivity contribution < 1.29 is 9.53 Å². The minimum atomic E-state index is -0.297. The van der Waals surface area contributed by atoms with Gasteiger partial charge in [0.25, 0.3) is 0 Å². The summed E-state index contributed by atoms with van der Waals surface area (Å²) in [6, 6.07) is 25.1. The van der Waals surface area contributed by atoms with Gasteiger partial charge in [0.05, 0.1) is 0 Å². The number of rotatable bonds is 4. The molecule has 3 nitrogen and oxygen atoms in total. The molecule has 1 heterocycles. The van der Waals surface area contributed by atoms with E-state index >= 15 is 0 Å². The van der Waals surface area contributed by atoms with Gasteiger partial charge in [0.15, 0.2) is 0 Å². The van der Waals surface area contributed by atoms with E-state index in [2.05, 4.69) is 77.7 Å². The van der Waals surface area contributed by atoms with Crippen LogP contribution in [0.5, 0.6) is 5.75 Å². The molecule has 2 aliphatic rings. The summed E-state index contributed by atoms with van der Waals surface area (Å²) < 4.78 is 5.19. The molecule has 0 amide bonds. The van der Waals surface area contributed by atoms with E-state index in [-0.39, 0.29) is 18.4 Å². The first kappa shape index (κ1) is 24.7. The van der Waals surface area contributed by atoms with E-state index in [0.29, 0.717) is 5.75 Å². The summed E-state index contributed by atoms with van der Waals surface area (Å²) in [5, 5.41) is 0. The zero-order chi connectivity index (χ0) is 23.3. The van der Waals surface area contributed by atoms with Gasteiger partial charge in [-0.25, -0.2) is 0 Å². The second-order valence-electron chi connectivity index (χ2n) is 8.86. The van der Waals surface area contributed by atoms with Crippen LogP contribution in [0.25, 0.3) is 23.8 Å². The van der Waals surface area contributed by atoms with Crippen molar-refractivity contribution in [3.8, 4) is 5.75 Å². The highest BCUT2D eigenvalue weighted by molar-refractivity contribution is 5.94. The Balaban J connectivity index is 0.00000289. The van der Waals surface area contributed by atoms with Crippen molar-refractivity contribution in [3.63, 3.8) is 0 Å². The Hall–Kier alpha value is -3.40. The molecule has 1 aliphatic heterocycles. The smallest absolute Gasteiger partial charge is 0.308 e.